The van der Waals surface area contributed by atoms with Crippen LogP contribution in [0.1, 0.15) is 5.56 Å². The Kier molecular flexibility index (Phi) is 2.56. The van der Waals surface area contributed by atoms with Crippen LogP contribution in [0.3, 0.4) is 0 Å². The molecule has 0 radical (unpaired) electrons. The van der Waals surface area contributed by atoms with E-state index in [1.165, 1.54) is 0 Å². The van der Waals surface area contributed by atoms with Crippen molar-refractivity contribution in [2.24, 2.45) is 0 Å². The van der Waals surface area contributed by atoms with E-state index in [-0.39, 0.29) is 0 Å². The monoisotopic (exact) mass is 226 g/mol. The Morgan fingerprint density at radius 1 is 1.58 bits per heavy atom. The second kappa shape index (κ2) is 3.46. The summed E-state index contributed by atoms with van der Waals surface area (Å²) in [5.74, 6) is 0.637. The van der Waals surface area contributed by atoms with Crippen molar-refractivity contribution in [2.75, 3.05) is 12.8 Å². The van der Waals surface area contributed by atoms with Gasteiger partial charge in [-0.15, -0.1) is 0 Å². The minimum atomic E-state index is 0.420. The molecule has 0 aliphatic heterocycles. The Morgan fingerprint density at radius 2 is 2.25 bits per heavy atom. The van der Waals surface area contributed by atoms with Crippen molar-refractivity contribution in [3.63, 3.8) is 0 Å². The molecule has 0 saturated heterocycles. The Labute approximate surface area is 78.9 Å². The van der Waals surface area contributed by atoms with Gasteiger partial charge in [-0.25, -0.2) is 0 Å². The van der Waals surface area contributed by atoms with Gasteiger partial charge in [0.2, 0.25) is 0 Å². The summed E-state index contributed by atoms with van der Waals surface area (Å²) in [5.41, 5.74) is 6.44. The SMILES string of the molecule is COc1cc(N)c(C#N)c(Br)c1. The van der Waals surface area contributed by atoms with Gasteiger partial charge >= 0.3 is 0 Å². The zero-order valence-electron chi connectivity index (χ0n) is 6.47. The first-order chi connectivity index (χ1) is 5.69. The van der Waals surface area contributed by atoms with Crippen LogP contribution in [0.15, 0.2) is 16.6 Å². The highest BCUT2D eigenvalue weighted by Gasteiger charge is 2.05. The van der Waals surface area contributed by atoms with E-state index in [0.29, 0.717) is 21.5 Å². The summed E-state index contributed by atoms with van der Waals surface area (Å²) in [5, 5.41) is 8.66. The van der Waals surface area contributed by atoms with Crippen molar-refractivity contribution in [1.29, 1.82) is 5.26 Å². The molecule has 0 aromatic heterocycles. The molecule has 1 aromatic carbocycles. The third kappa shape index (κ3) is 1.51. The lowest BCUT2D eigenvalue weighted by Gasteiger charge is -2.04. The molecule has 2 N–H and O–H groups in total. The maximum Gasteiger partial charge on any atom is 0.122 e. The first kappa shape index (κ1) is 8.88. The lowest BCUT2D eigenvalue weighted by Crippen LogP contribution is -1.93. The lowest BCUT2D eigenvalue weighted by atomic mass is 10.2. The Balaban J connectivity index is 3.30. The number of anilines is 1. The van der Waals surface area contributed by atoms with Crippen molar-refractivity contribution in [3.8, 4) is 11.8 Å². The molecule has 0 atom stereocenters. The van der Waals surface area contributed by atoms with Crippen LogP contribution in [0, 0.1) is 11.3 Å². The fraction of sp³-hybridized carbons (Fsp3) is 0.125. The van der Waals surface area contributed by atoms with E-state index in [4.69, 9.17) is 15.7 Å². The largest absolute Gasteiger partial charge is 0.497 e. The highest BCUT2D eigenvalue weighted by molar-refractivity contribution is 9.10. The van der Waals surface area contributed by atoms with Crippen LogP contribution in [0.2, 0.25) is 0 Å². The average molecular weight is 227 g/mol. The Morgan fingerprint density at radius 3 is 2.67 bits per heavy atom. The maximum absolute atomic E-state index is 8.66. The fourth-order valence-corrected chi connectivity index (χ4v) is 1.38. The van der Waals surface area contributed by atoms with Gasteiger partial charge in [0.25, 0.3) is 0 Å². The second-order valence-corrected chi connectivity index (χ2v) is 3.04. The van der Waals surface area contributed by atoms with Crippen molar-refractivity contribution in [3.05, 3.63) is 22.2 Å². The van der Waals surface area contributed by atoms with E-state index in [1.54, 1.807) is 19.2 Å². The summed E-state index contributed by atoms with van der Waals surface area (Å²) in [6, 6.07) is 5.31. The molecule has 0 bridgehead atoms. The summed E-state index contributed by atoms with van der Waals surface area (Å²) >= 11 is 3.22. The first-order valence-corrected chi connectivity index (χ1v) is 4.01. The molecule has 1 aromatic rings. The summed E-state index contributed by atoms with van der Waals surface area (Å²) in [6.45, 7) is 0. The first-order valence-electron chi connectivity index (χ1n) is 3.22. The van der Waals surface area contributed by atoms with Crippen LogP contribution >= 0.6 is 15.9 Å². The van der Waals surface area contributed by atoms with Crippen molar-refractivity contribution >= 4 is 21.6 Å². The van der Waals surface area contributed by atoms with E-state index >= 15 is 0 Å². The summed E-state index contributed by atoms with van der Waals surface area (Å²) < 4.78 is 5.61. The van der Waals surface area contributed by atoms with E-state index in [2.05, 4.69) is 15.9 Å². The topological polar surface area (TPSA) is 59.0 Å². The van der Waals surface area contributed by atoms with E-state index < -0.39 is 0 Å². The van der Waals surface area contributed by atoms with Crippen molar-refractivity contribution < 1.29 is 4.74 Å². The molecule has 0 amide bonds. The van der Waals surface area contributed by atoms with Gasteiger partial charge in [0.05, 0.1) is 18.4 Å². The number of nitrogens with zero attached hydrogens (tertiary/aromatic N) is 1. The average Bonchev–Trinajstić information content (AvgIpc) is 2.03. The summed E-state index contributed by atoms with van der Waals surface area (Å²) in [7, 11) is 1.55. The molecule has 0 saturated carbocycles. The number of methoxy groups -OCH3 is 1. The molecule has 0 unspecified atom stereocenters. The van der Waals surface area contributed by atoms with Gasteiger partial charge in [0.1, 0.15) is 11.8 Å². The predicted octanol–water partition coefficient (Wildman–Crippen LogP) is 1.91. The second-order valence-electron chi connectivity index (χ2n) is 2.19. The standard InChI is InChI=1S/C8H7BrN2O/c1-12-5-2-7(9)6(4-10)8(11)3-5/h2-3H,11H2,1H3. The van der Waals surface area contributed by atoms with E-state index in [0.717, 1.165) is 0 Å². The van der Waals surface area contributed by atoms with Crippen LogP contribution in [0.4, 0.5) is 5.69 Å². The number of hydrogen-bond acceptors (Lipinski definition) is 3. The van der Waals surface area contributed by atoms with E-state index in [9.17, 15) is 0 Å². The highest BCUT2D eigenvalue weighted by Crippen LogP contribution is 2.27. The molecule has 0 heterocycles. The van der Waals surface area contributed by atoms with Gasteiger partial charge in [-0.05, 0) is 22.0 Å². The fourth-order valence-electron chi connectivity index (χ4n) is 0.838. The van der Waals surface area contributed by atoms with Gasteiger partial charge in [-0.1, -0.05) is 0 Å². The van der Waals surface area contributed by atoms with Gasteiger partial charge in [0.15, 0.2) is 0 Å². The highest BCUT2D eigenvalue weighted by atomic mass is 79.9. The van der Waals surface area contributed by atoms with Crippen molar-refractivity contribution in [1.82, 2.24) is 0 Å². The lowest BCUT2D eigenvalue weighted by molar-refractivity contribution is 0.414. The van der Waals surface area contributed by atoms with Crippen LogP contribution < -0.4 is 10.5 Å². The number of nitrogens with two attached hydrogens (primary N) is 1. The van der Waals surface area contributed by atoms with Crippen molar-refractivity contribution in [2.45, 2.75) is 0 Å². The number of halogens is 1. The molecule has 0 aliphatic carbocycles. The molecule has 1 rings (SSSR count). The molecule has 12 heavy (non-hydrogen) atoms. The van der Waals surface area contributed by atoms with Gasteiger partial charge in [-0.2, -0.15) is 5.26 Å². The number of ether oxygens (including phenoxy) is 1. The molecular weight excluding hydrogens is 220 g/mol. The molecule has 62 valence electrons. The minimum Gasteiger partial charge on any atom is -0.497 e. The maximum atomic E-state index is 8.66. The molecule has 0 aliphatic rings. The molecular formula is C8H7BrN2O. The quantitative estimate of drug-likeness (QED) is 0.745. The molecule has 0 spiro atoms. The van der Waals surface area contributed by atoms with Crippen LogP contribution in [-0.2, 0) is 0 Å². The minimum absolute atomic E-state index is 0.420. The number of benzene rings is 1. The predicted molar refractivity (Wildman–Crippen MR) is 49.8 cm³/mol. The Hall–Kier alpha value is -1.21. The Bertz CT molecular complexity index is 320. The normalized spacial score (nSPS) is 9.08. The smallest absolute Gasteiger partial charge is 0.122 e. The van der Waals surface area contributed by atoms with E-state index in [1.807, 2.05) is 6.07 Å². The van der Waals surface area contributed by atoms with Crippen LogP contribution in [0.25, 0.3) is 0 Å². The van der Waals surface area contributed by atoms with Crippen LogP contribution in [0.5, 0.6) is 5.75 Å². The number of nitrogen functional groups attached to an aromatic ring is 1. The molecule has 0 fully saturated rings. The third-order valence-corrected chi connectivity index (χ3v) is 2.07. The number of nitriles is 1. The number of rotatable bonds is 1. The molecule has 3 nitrogen and oxygen atoms in total. The number of hydrogen-bond donors (Lipinski definition) is 1. The zero-order chi connectivity index (χ0) is 9.14. The molecule has 4 heteroatoms. The summed E-state index contributed by atoms with van der Waals surface area (Å²) in [6.07, 6.45) is 0. The van der Waals surface area contributed by atoms with Crippen LogP contribution in [-0.4, -0.2) is 7.11 Å². The van der Waals surface area contributed by atoms with Gasteiger partial charge < -0.3 is 10.5 Å². The summed E-state index contributed by atoms with van der Waals surface area (Å²) in [4.78, 5) is 0. The van der Waals surface area contributed by atoms with Gasteiger partial charge in [-0.3, -0.25) is 0 Å². The zero-order valence-corrected chi connectivity index (χ0v) is 8.05. The van der Waals surface area contributed by atoms with Gasteiger partial charge in [0, 0.05) is 10.5 Å². The third-order valence-electron chi connectivity index (χ3n) is 1.44.